The lowest BCUT2D eigenvalue weighted by molar-refractivity contribution is -0.198. The number of nitrogens with zero attached hydrogens (tertiary/aromatic N) is 3. The Morgan fingerprint density at radius 1 is 1.27 bits per heavy atom. The second kappa shape index (κ2) is 13.6. The van der Waals surface area contributed by atoms with Gasteiger partial charge < -0.3 is 21.3 Å². The van der Waals surface area contributed by atoms with Gasteiger partial charge in [0.2, 0.25) is 12.0 Å². The summed E-state index contributed by atoms with van der Waals surface area (Å²) in [5.74, 6) is -1.25. The summed E-state index contributed by atoms with van der Waals surface area (Å²) in [6.45, 7) is 1.72. The van der Waals surface area contributed by atoms with Crippen LogP contribution in [0, 0.1) is 12.8 Å². The number of aliphatic carboxylic acids is 1. The molecule has 3 atom stereocenters. The van der Waals surface area contributed by atoms with E-state index in [0.29, 0.717) is 30.5 Å². The molecule has 40 heavy (non-hydrogen) atoms. The van der Waals surface area contributed by atoms with Gasteiger partial charge in [-0.25, -0.2) is 9.67 Å². The second-order valence-corrected chi connectivity index (χ2v) is 9.75. The molecule has 1 aliphatic carbocycles. The Labute approximate surface area is 246 Å². The van der Waals surface area contributed by atoms with Crippen molar-refractivity contribution in [1.29, 1.82) is 0 Å². The third-order valence-corrected chi connectivity index (χ3v) is 6.68. The fraction of sp³-hybridized carbons (Fsp3) is 0.346. The zero-order chi connectivity index (χ0) is 27.6. The number of carbonyl (C=O) groups is 1. The average molecular weight is 623 g/mol. The number of ether oxygens (including phenoxy) is 1. The van der Waals surface area contributed by atoms with Crippen LogP contribution in [0.2, 0.25) is 5.02 Å². The SMILES string of the molecule is Cc1ccn(-c2cc(Cl)ccc2[C@@H](Oc2ncc(C3=CCC(C[C@H](N)C(=O)O)CC3)cc2N)C(F)(F)F)n1.Cl.Cl. The first kappa shape index (κ1) is 33.2. The molecule has 1 unspecified atom stereocenters. The number of halogens is 6. The van der Waals surface area contributed by atoms with Gasteiger partial charge in [-0.3, -0.25) is 4.79 Å². The smallest absolute Gasteiger partial charge is 0.429 e. The molecule has 5 N–H and O–H groups in total. The molecule has 218 valence electrons. The van der Waals surface area contributed by atoms with Crippen LogP contribution in [-0.2, 0) is 4.79 Å². The summed E-state index contributed by atoms with van der Waals surface area (Å²) in [6, 6.07) is 6.27. The average Bonchev–Trinajstić information content (AvgIpc) is 3.29. The molecule has 2 aromatic heterocycles. The van der Waals surface area contributed by atoms with Crippen molar-refractivity contribution in [3.63, 3.8) is 0 Å². The number of aryl methyl sites for hydroxylation is 1. The Balaban J connectivity index is 0.00000280. The molecule has 4 rings (SSSR count). The Bertz CT molecular complexity index is 1370. The fourth-order valence-electron chi connectivity index (χ4n) is 4.47. The maximum absolute atomic E-state index is 14.3. The van der Waals surface area contributed by atoms with Crippen molar-refractivity contribution in [2.75, 3.05) is 5.73 Å². The first-order valence-electron chi connectivity index (χ1n) is 11.9. The minimum atomic E-state index is -4.80. The molecule has 1 aliphatic rings. The number of benzene rings is 1. The van der Waals surface area contributed by atoms with Crippen LogP contribution in [0.4, 0.5) is 18.9 Å². The van der Waals surface area contributed by atoms with Crippen LogP contribution in [0.3, 0.4) is 0 Å². The van der Waals surface area contributed by atoms with Crippen LogP contribution in [0.1, 0.15) is 48.6 Å². The highest BCUT2D eigenvalue weighted by Gasteiger charge is 2.45. The van der Waals surface area contributed by atoms with Crippen molar-refractivity contribution in [2.45, 2.75) is 50.9 Å². The first-order chi connectivity index (χ1) is 17.9. The number of pyridine rings is 1. The van der Waals surface area contributed by atoms with E-state index in [2.05, 4.69) is 10.1 Å². The Kier molecular flexibility index (Phi) is 11.3. The molecule has 0 fully saturated rings. The molecule has 0 amide bonds. The standard InChI is InChI=1S/C26H27ClF3N5O3.2ClH/c1-14-8-9-35(34-14)22-12-18(27)6-7-19(22)23(26(28,29)30)38-24-20(31)11-17(13-33-24)16-4-2-15(3-5-16)10-21(32)25(36)37;;/h4,6-9,11-13,15,21,23H,2-3,5,10,31-32H2,1H3,(H,36,37);2*1H/t15?,21-,23+;;/m0../s1. The fourth-order valence-corrected chi connectivity index (χ4v) is 4.64. The van der Waals surface area contributed by atoms with E-state index in [1.165, 1.54) is 41.3 Å². The number of carboxylic acid groups (broad SMARTS) is 1. The molecule has 3 aromatic rings. The lowest BCUT2D eigenvalue weighted by atomic mass is 9.83. The summed E-state index contributed by atoms with van der Waals surface area (Å²) in [5.41, 5.74) is 13.8. The summed E-state index contributed by atoms with van der Waals surface area (Å²) in [6.07, 6.45) is 0.124. The molecule has 2 heterocycles. The maximum atomic E-state index is 14.3. The lowest BCUT2D eigenvalue weighted by Crippen LogP contribution is -2.32. The number of nitrogen functional groups attached to an aromatic ring is 1. The van der Waals surface area contributed by atoms with Gasteiger partial charge in [0, 0.05) is 23.0 Å². The topological polar surface area (TPSA) is 129 Å². The number of aromatic nitrogens is 3. The Morgan fingerprint density at radius 3 is 2.55 bits per heavy atom. The van der Waals surface area contributed by atoms with Crippen LogP contribution in [-0.4, -0.2) is 38.1 Å². The second-order valence-electron chi connectivity index (χ2n) is 9.31. The van der Waals surface area contributed by atoms with Crippen LogP contribution >= 0.6 is 36.4 Å². The molecule has 14 heteroatoms. The molecular formula is C26H29Cl3F3N5O3. The minimum absolute atomic E-state index is 0. The van der Waals surface area contributed by atoms with Crippen molar-refractivity contribution < 1.29 is 27.8 Å². The lowest BCUT2D eigenvalue weighted by Gasteiger charge is -2.25. The van der Waals surface area contributed by atoms with Gasteiger partial charge in [0.1, 0.15) is 6.04 Å². The highest BCUT2D eigenvalue weighted by Crippen LogP contribution is 2.41. The maximum Gasteiger partial charge on any atom is 0.429 e. The van der Waals surface area contributed by atoms with E-state index < -0.39 is 24.3 Å². The third-order valence-electron chi connectivity index (χ3n) is 6.44. The van der Waals surface area contributed by atoms with E-state index in [-0.39, 0.29) is 58.6 Å². The van der Waals surface area contributed by atoms with Crippen LogP contribution in [0.25, 0.3) is 11.3 Å². The summed E-state index contributed by atoms with van der Waals surface area (Å²) in [5, 5.41) is 13.5. The van der Waals surface area contributed by atoms with Crippen LogP contribution in [0.5, 0.6) is 5.88 Å². The van der Waals surface area contributed by atoms with Gasteiger partial charge in [0.05, 0.1) is 17.1 Å². The van der Waals surface area contributed by atoms with Crippen molar-refractivity contribution in [1.82, 2.24) is 14.8 Å². The number of anilines is 1. The van der Waals surface area contributed by atoms with E-state index in [9.17, 15) is 18.0 Å². The van der Waals surface area contributed by atoms with Gasteiger partial charge in [-0.05, 0) is 73.9 Å². The quantitative estimate of drug-likeness (QED) is 0.268. The zero-order valence-corrected chi connectivity index (χ0v) is 23.7. The van der Waals surface area contributed by atoms with E-state index >= 15 is 0 Å². The van der Waals surface area contributed by atoms with Gasteiger partial charge >= 0.3 is 12.1 Å². The first-order valence-corrected chi connectivity index (χ1v) is 12.3. The van der Waals surface area contributed by atoms with Crippen molar-refractivity contribution >= 4 is 53.6 Å². The molecule has 8 nitrogen and oxygen atoms in total. The van der Waals surface area contributed by atoms with Gasteiger partial charge in [0.25, 0.3) is 0 Å². The number of rotatable bonds is 8. The highest BCUT2D eigenvalue weighted by molar-refractivity contribution is 6.30. The number of hydrogen-bond donors (Lipinski definition) is 3. The summed E-state index contributed by atoms with van der Waals surface area (Å²) in [7, 11) is 0. The molecule has 0 saturated carbocycles. The van der Waals surface area contributed by atoms with Crippen LogP contribution < -0.4 is 16.2 Å². The molecule has 0 spiro atoms. The molecule has 0 saturated heterocycles. The largest absolute Gasteiger partial charge is 0.480 e. The monoisotopic (exact) mass is 621 g/mol. The van der Waals surface area contributed by atoms with Crippen molar-refractivity contribution in [3.05, 3.63) is 70.6 Å². The molecule has 0 aliphatic heterocycles. The molecule has 0 bridgehead atoms. The predicted octanol–water partition coefficient (Wildman–Crippen LogP) is 6.32. The van der Waals surface area contributed by atoms with Crippen molar-refractivity contribution in [3.8, 4) is 11.6 Å². The van der Waals surface area contributed by atoms with E-state index in [1.54, 1.807) is 13.0 Å². The minimum Gasteiger partial charge on any atom is -0.480 e. The van der Waals surface area contributed by atoms with Gasteiger partial charge in [-0.15, -0.1) is 24.8 Å². The predicted molar refractivity (Wildman–Crippen MR) is 151 cm³/mol. The van der Waals surface area contributed by atoms with Crippen molar-refractivity contribution in [2.24, 2.45) is 11.7 Å². The summed E-state index contributed by atoms with van der Waals surface area (Å²) in [4.78, 5) is 15.1. The van der Waals surface area contributed by atoms with Gasteiger partial charge in [-0.1, -0.05) is 23.7 Å². The summed E-state index contributed by atoms with van der Waals surface area (Å²) >= 11 is 6.08. The number of hydrogen-bond acceptors (Lipinski definition) is 6. The number of alkyl halides is 3. The van der Waals surface area contributed by atoms with Gasteiger partial charge in [-0.2, -0.15) is 18.3 Å². The number of allylic oxidation sites excluding steroid dienone is 2. The summed E-state index contributed by atoms with van der Waals surface area (Å²) < 4.78 is 49.5. The van der Waals surface area contributed by atoms with Gasteiger partial charge in [0.15, 0.2) is 0 Å². The highest BCUT2D eigenvalue weighted by atomic mass is 35.5. The molecule has 1 aromatic carbocycles. The van der Waals surface area contributed by atoms with E-state index in [0.717, 1.165) is 12.0 Å². The molecule has 0 radical (unpaired) electrons. The zero-order valence-electron chi connectivity index (χ0n) is 21.3. The Hall–Kier alpha value is -2.99. The van der Waals surface area contributed by atoms with E-state index in [4.69, 9.17) is 32.9 Å². The Morgan fingerprint density at radius 2 is 2.00 bits per heavy atom. The van der Waals surface area contributed by atoms with E-state index in [1.807, 2.05) is 6.08 Å². The normalized spacial score (nSPS) is 16.6. The molecular weight excluding hydrogens is 594 g/mol. The van der Waals surface area contributed by atoms with Crippen LogP contribution in [0.15, 0.2) is 48.8 Å². The number of nitrogens with two attached hydrogens (primary N) is 2. The third kappa shape index (κ3) is 7.81. The number of carboxylic acids is 1.